The molecular formula is C14H14ClN3O. The summed E-state index contributed by atoms with van der Waals surface area (Å²) in [6.07, 6.45) is 2.39. The first-order chi connectivity index (χ1) is 9.19. The van der Waals surface area contributed by atoms with Gasteiger partial charge < -0.3 is 0 Å². The van der Waals surface area contributed by atoms with Crippen LogP contribution >= 0.6 is 11.6 Å². The lowest BCUT2D eigenvalue weighted by molar-refractivity contribution is 0.817. The van der Waals surface area contributed by atoms with Gasteiger partial charge in [0, 0.05) is 12.7 Å². The molecule has 0 amide bonds. The molecule has 2 rings (SSSR count). The van der Waals surface area contributed by atoms with Gasteiger partial charge in [-0.25, -0.2) is 9.99 Å². The minimum Gasteiger partial charge on any atom is -0.244 e. The Bertz CT molecular complexity index is 540. The zero-order chi connectivity index (χ0) is 13.7. The fourth-order valence-corrected chi connectivity index (χ4v) is 1.84. The van der Waals surface area contributed by atoms with E-state index in [9.17, 15) is 4.91 Å². The number of halogens is 1. The summed E-state index contributed by atoms with van der Waals surface area (Å²) in [6.45, 7) is 2.51. The summed E-state index contributed by atoms with van der Waals surface area (Å²) < 4.78 is 0. The Balaban J connectivity index is 2.01. The molecule has 0 spiro atoms. The van der Waals surface area contributed by atoms with E-state index in [1.165, 1.54) is 5.01 Å². The molecule has 5 heteroatoms. The van der Waals surface area contributed by atoms with Crippen molar-refractivity contribution in [3.05, 3.63) is 63.8 Å². The van der Waals surface area contributed by atoms with Crippen LogP contribution in [0.25, 0.3) is 0 Å². The van der Waals surface area contributed by atoms with E-state index in [2.05, 4.69) is 10.3 Å². The number of rotatable bonds is 5. The van der Waals surface area contributed by atoms with Crippen LogP contribution in [0, 0.1) is 11.8 Å². The van der Waals surface area contributed by atoms with Gasteiger partial charge in [-0.2, -0.15) is 0 Å². The average molecular weight is 276 g/mol. The van der Waals surface area contributed by atoms with Crippen LogP contribution in [0.15, 0.2) is 47.9 Å². The van der Waals surface area contributed by atoms with E-state index < -0.39 is 0 Å². The Morgan fingerprint density at radius 3 is 2.53 bits per heavy atom. The van der Waals surface area contributed by atoms with Gasteiger partial charge in [-0.05, 0) is 37.1 Å². The number of nitroso groups, excluding NO2 is 1. The molecule has 0 unspecified atom stereocenters. The van der Waals surface area contributed by atoms with Crippen LogP contribution in [-0.4, -0.2) is 11.5 Å². The second kappa shape index (κ2) is 6.29. The molecule has 1 aromatic heterocycles. The standard InChI is InChI=1S/C14H14ClN3O/c1-11-2-5-13(6-3-11)18(17-19)9-8-12-4-7-14(15)16-10-12/h2-7,10H,8-9H2,1H3. The van der Waals surface area contributed by atoms with Crippen molar-refractivity contribution in [2.45, 2.75) is 13.3 Å². The highest BCUT2D eigenvalue weighted by molar-refractivity contribution is 6.29. The number of benzene rings is 1. The molecule has 0 radical (unpaired) electrons. The number of anilines is 1. The highest BCUT2D eigenvalue weighted by atomic mass is 35.5. The summed E-state index contributed by atoms with van der Waals surface area (Å²) in [7, 11) is 0. The Hall–Kier alpha value is -1.94. The quantitative estimate of drug-likeness (QED) is 0.474. The third kappa shape index (κ3) is 3.76. The number of hydrogen-bond acceptors (Lipinski definition) is 3. The molecule has 0 fully saturated rings. The van der Waals surface area contributed by atoms with E-state index in [0.717, 1.165) is 16.8 Å². The molecule has 0 aliphatic rings. The topological polar surface area (TPSA) is 45.6 Å². The summed E-state index contributed by atoms with van der Waals surface area (Å²) in [5.41, 5.74) is 2.96. The van der Waals surface area contributed by atoms with E-state index in [4.69, 9.17) is 11.6 Å². The van der Waals surface area contributed by atoms with Crippen molar-refractivity contribution in [3.63, 3.8) is 0 Å². The van der Waals surface area contributed by atoms with Gasteiger partial charge >= 0.3 is 0 Å². The molecular weight excluding hydrogens is 262 g/mol. The van der Waals surface area contributed by atoms with E-state index in [1.807, 2.05) is 37.3 Å². The van der Waals surface area contributed by atoms with E-state index in [-0.39, 0.29) is 0 Å². The number of nitrogens with zero attached hydrogens (tertiary/aromatic N) is 3. The first kappa shape index (κ1) is 13.5. The van der Waals surface area contributed by atoms with Crippen LogP contribution < -0.4 is 5.01 Å². The Morgan fingerprint density at radius 1 is 1.21 bits per heavy atom. The number of pyridine rings is 1. The predicted octanol–water partition coefficient (Wildman–Crippen LogP) is 3.77. The van der Waals surface area contributed by atoms with Gasteiger partial charge in [0.05, 0.1) is 11.0 Å². The van der Waals surface area contributed by atoms with Gasteiger partial charge in [0.15, 0.2) is 0 Å². The molecule has 1 aromatic carbocycles. The summed E-state index contributed by atoms with van der Waals surface area (Å²) in [5, 5.41) is 4.96. The van der Waals surface area contributed by atoms with Crippen LogP contribution in [0.3, 0.4) is 0 Å². The fraction of sp³-hybridized carbons (Fsp3) is 0.214. The predicted molar refractivity (Wildman–Crippen MR) is 77.3 cm³/mol. The normalized spacial score (nSPS) is 10.2. The Kier molecular flexibility index (Phi) is 4.47. The van der Waals surface area contributed by atoms with Crippen molar-refractivity contribution in [1.82, 2.24) is 4.98 Å². The molecule has 2 aromatic rings. The third-order valence-electron chi connectivity index (χ3n) is 2.83. The molecule has 0 saturated heterocycles. The van der Waals surface area contributed by atoms with Crippen molar-refractivity contribution in [1.29, 1.82) is 0 Å². The van der Waals surface area contributed by atoms with Crippen molar-refractivity contribution in [2.75, 3.05) is 11.6 Å². The fourth-order valence-electron chi connectivity index (χ4n) is 1.72. The van der Waals surface area contributed by atoms with Gasteiger partial charge in [-0.3, -0.25) is 0 Å². The van der Waals surface area contributed by atoms with Crippen LogP contribution in [0.5, 0.6) is 0 Å². The zero-order valence-corrected chi connectivity index (χ0v) is 11.3. The van der Waals surface area contributed by atoms with E-state index >= 15 is 0 Å². The van der Waals surface area contributed by atoms with E-state index in [0.29, 0.717) is 18.1 Å². The molecule has 0 saturated carbocycles. The first-order valence-electron chi connectivity index (χ1n) is 5.97. The maximum Gasteiger partial charge on any atom is 0.129 e. The molecule has 19 heavy (non-hydrogen) atoms. The first-order valence-corrected chi connectivity index (χ1v) is 6.35. The molecule has 1 heterocycles. The molecule has 0 aliphatic carbocycles. The lowest BCUT2D eigenvalue weighted by atomic mass is 10.2. The van der Waals surface area contributed by atoms with E-state index in [1.54, 1.807) is 12.3 Å². The van der Waals surface area contributed by atoms with Crippen molar-refractivity contribution in [3.8, 4) is 0 Å². The van der Waals surface area contributed by atoms with Crippen LogP contribution in [0.2, 0.25) is 5.15 Å². The largest absolute Gasteiger partial charge is 0.244 e. The van der Waals surface area contributed by atoms with Crippen molar-refractivity contribution in [2.24, 2.45) is 5.29 Å². The van der Waals surface area contributed by atoms with Gasteiger partial charge in [0.2, 0.25) is 0 Å². The van der Waals surface area contributed by atoms with Crippen LogP contribution in [0.4, 0.5) is 5.69 Å². The maximum atomic E-state index is 10.9. The molecule has 4 nitrogen and oxygen atoms in total. The molecule has 0 aliphatic heterocycles. The average Bonchev–Trinajstić information content (AvgIpc) is 2.43. The molecule has 0 N–H and O–H groups in total. The lowest BCUT2D eigenvalue weighted by Gasteiger charge is -2.15. The second-order valence-corrected chi connectivity index (χ2v) is 4.67. The molecule has 0 atom stereocenters. The number of aromatic nitrogens is 1. The monoisotopic (exact) mass is 275 g/mol. The Morgan fingerprint density at radius 2 is 1.95 bits per heavy atom. The highest BCUT2D eigenvalue weighted by Crippen LogP contribution is 2.16. The number of hydrogen-bond donors (Lipinski definition) is 0. The minimum atomic E-state index is 0.465. The molecule has 98 valence electrons. The highest BCUT2D eigenvalue weighted by Gasteiger charge is 2.06. The summed E-state index contributed by atoms with van der Waals surface area (Å²) in [4.78, 5) is 14.9. The van der Waals surface area contributed by atoms with Gasteiger partial charge in [-0.15, -0.1) is 4.91 Å². The summed E-state index contributed by atoms with van der Waals surface area (Å²) in [5.74, 6) is 0. The smallest absolute Gasteiger partial charge is 0.129 e. The number of aryl methyl sites for hydroxylation is 1. The SMILES string of the molecule is Cc1ccc(N(CCc2ccc(Cl)nc2)N=O)cc1. The molecule has 0 bridgehead atoms. The Labute approximate surface area is 117 Å². The maximum absolute atomic E-state index is 10.9. The van der Waals surface area contributed by atoms with Crippen LogP contribution in [0.1, 0.15) is 11.1 Å². The van der Waals surface area contributed by atoms with Gasteiger partial charge in [0.25, 0.3) is 0 Å². The van der Waals surface area contributed by atoms with Gasteiger partial charge in [-0.1, -0.05) is 35.4 Å². The summed E-state index contributed by atoms with van der Waals surface area (Å²) in [6, 6.07) is 11.3. The minimum absolute atomic E-state index is 0.465. The summed E-state index contributed by atoms with van der Waals surface area (Å²) >= 11 is 5.72. The third-order valence-corrected chi connectivity index (χ3v) is 3.06. The second-order valence-electron chi connectivity index (χ2n) is 4.28. The lowest BCUT2D eigenvalue weighted by Crippen LogP contribution is -2.18. The van der Waals surface area contributed by atoms with Crippen LogP contribution in [-0.2, 0) is 6.42 Å². The zero-order valence-electron chi connectivity index (χ0n) is 10.6. The van der Waals surface area contributed by atoms with Crippen molar-refractivity contribution < 1.29 is 0 Å². The van der Waals surface area contributed by atoms with Crippen molar-refractivity contribution >= 4 is 17.3 Å². The van der Waals surface area contributed by atoms with Gasteiger partial charge in [0.1, 0.15) is 5.15 Å².